The third-order valence-electron chi connectivity index (χ3n) is 2.45. The maximum absolute atomic E-state index is 10.9. The van der Waals surface area contributed by atoms with E-state index in [-0.39, 0.29) is 10.8 Å². The summed E-state index contributed by atoms with van der Waals surface area (Å²) < 4.78 is 65.1. The summed E-state index contributed by atoms with van der Waals surface area (Å²) in [5.41, 5.74) is 0. The van der Waals surface area contributed by atoms with E-state index in [1.807, 2.05) is 0 Å². The Hall–Kier alpha value is -1.68. The second-order valence-corrected chi connectivity index (χ2v) is 6.49. The Labute approximate surface area is 108 Å². The van der Waals surface area contributed by atoms with Crippen LogP contribution in [0.5, 0.6) is 5.75 Å². The van der Waals surface area contributed by atoms with Crippen molar-refractivity contribution in [3.63, 3.8) is 0 Å². The lowest BCUT2D eigenvalue weighted by molar-refractivity contribution is 0.458. The number of fused-ring (bicyclic) bond motifs is 1. The Morgan fingerprint density at radius 2 is 1.37 bits per heavy atom. The number of hydrogen-bond donors (Lipinski definition) is 1. The summed E-state index contributed by atoms with van der Waals surface area (Å²) in [4.78, 5) is -1.29. The van der Waals surface area contributed by atoms with Crippen LogP contribution in [0.2, 0.25) is 0 Å². The van der Waals surface area contributed by atoms with Gasteiger partial charge in [0, 0.05) is 5.39 Å². The Bertz CT molecular complexity index is 861. The van der Waals surface area contributed by atoms with Gasteiger partial charge in [0.15, 0.2) is 0 Å². The second-order valence-electron chi connectivity index (χ2n) is 3.73. The molecule has 19 heavy (non-hydrogen) atoms. The molecule has 2 aromatic carbocycles. The first-order valence-corrected chi connectivity index (χ1v) is 7.59. The van der Waals surface area contributed by atoms with Gasteiger partial charge in [-0.2, -0.15) is 0 Å². The highest BCUT2D eigenvalue weighted by Gasteiger charge is 2.10. The molecular weight excluding hydrogens is 296 g/mol. The molecular formula is C10H6O7S2-2. The smallest absolute Gasteiger partial charge is 0.124 e. The predicted octanol–water partition coefficient (Wildman–Crippen LogP) is 0.354. The highest BCUT2D eigenvalue weighted by Crippen LogP contribution is 2.30. The van der Waals surface area contributed by atoms with Gasteiger partial charge in [-0.3, -0.25) is 0 Å². The van der Waals surface area contributed by atoms with Crippen molar-refractivity contribution in [1.29, 1.82) is 0 Å². The Morgan fingerprint density at radius 1 is 0.842 bits per heavy atom. The van der Waals surface area contributed by atoms with Crippen LogP contribution in [-0.4, -0.2) is 31.0 Å². The monoisotopic (exact) mass is 302 g/mol. The Morgan fingerprint density at radius 3 is 1.89 bits per heavy atom. The third kappa shape index (κ3) is 2.68. The summed E-state index contributed by atoms with van der Waals surface area (Å²) >= 11 is 0. The van der Waals surface area contributed by atoms with E-state index in [0.717, 1.165) is 30.3 Å². The normalized spacial score (nSPS) is 12.7. The fourth-order valence-electron chi connectivity index (χ4n) is 1.60. The van der Waals surface area contributed by atoms with Crippen LogP contribution in [0.3, 0.4) is 0 Å². The van der Waals surface area contributed by atoms with Crippen molar-refractivity contribution in [2.24, 2.45) is 0 Å². The average Bonchev–Trinajstić information content (AvgIpc) is 2.25. The van der Waals surface area contributed by atoms with Crippen LogP contribution in [0, 0.1) is 0 Å². The topological polar surface area (TPSA) is 135 Å². The largest absolute Gasteiger partial charge is 0.744 e. The van der Waals surface area contributed by atoms with Gasteiger partial charge in [-0.1, -0.05) is 0 Å². The van der Waals surface area contributed by atoms with Gasteiger partial charge in [0.2, 0.25) is 0 Å². The second kappa shape index (κ2) is 4.17. The molecule has 0 fully saturated rings. The van der Waals surface area contributed by atoms with Crippen LogP contribution in [0.25, 0.3) is 10.8 Å². The number of phenolic OH excluding ortho intramolecular Hbond substituents is 1. The molecule has 9 heteroatoms. The van der Waals surface area contributed by atoms with Crippen LogP contribution in [0.15, 0.2) is 40.1 Å². The zero-order valence-corrected chi connectivity index (χ0v) is 10.7. The summed E-state index contributed by atoms with van der Waals surface area (Å²) in [7, 11) is -9.52. The SMILES string of the molecule is O=S(=O)([O-])c1ccc2c(O)cc(S(=O)(=O)[O-])cc2c1. The highest BCUT2D eigenvalue weighted by molar-refractivity contribution is 7.86. The first kappa shape index (κ1) is 13.7. The fraction of sp³-hybridized carbons (Fsp3) is 0. The van der Waals surface area contributed by atoms with Gasteiger partial charge in [-0.15, -0.1) is 0 Å². The van der Waals surface area contributed by atoms with Gasteiger partial charge in [0.25, 0.3) is 0 Å². The first-order valence-electron chi connectivity index (χ1n) is 4.77. The molecule has 7 nitrogen and oxygen atoms in total. The summed E-state index contributed by atoms with van der Waals surface area (Å²) in [6, 6.07) is 4.68. The maximum atomic E-state index is 10.9. The zero-order valence-electron chi connectivity index (χ0n) is 9.10. The predicted molar refractivity (Wildman–Crippen MR) is 61.5 cm³/mol. The lowest BCUT2D eigenvalue weighted by Gasteiger charge is -2.12. The van der Waals surface area contributed by atoms with Crippen molar-refractivity contribution in [3.8, 4) is 5.75 Å². The van der Waals surface area contributed by atoms with E-state index >= 15 is 0 Å². The Balaban J connectivity index is 2.85. The minimum Gasteiger partial charge on any atom is -0.744 e. The van der Waals surface area contributed by atoms with Gasteiger partial charge in [0.1, 0.15) is 26.0 Å². The van der Waals surface area contributed by atoms with Crippen LogP contribution in [-0.2, 0) is 20.2 Å². The summed E-state index contributed by atoms with van der Waals surface area (Å²) in [5.74, 6) is -0.498. The van der Waals surface area contributed by atoms with Crippen molar-refractivity contribution < 1.29 is 31.0 Å². The van der Waals surface area contributed by atoms with E-state index in [1.165, 1.54) is 0 Å². The molecule has 1 N–H and O–H groups in total. The lowest BCUT2D eigenvalue weighted by atomic mass is 10.1. The van der Waals surface area contributed by atoms with Gasteiger partial charge in [-0.25, -0.2) is 16.8 Å². The van der Waals surface area contributed by atoms with Gasteiger partial charge >= 0.3 is 0 Å². The van der Waals surface area contributed by atoms with E-state index < -0.39 is 35.8 Å². The average molecular weight is 302 g/mol. The van der Waals surface area contributed by atoms with Gasteiger partial charge < -0.3 is 14.2 Å². The van der Waals surface area contributed by atoms with Crippen LogP contribution >= 0.6 is 0 Å². The number of benzene rings is 2. The molecule has 0 bridgehead atoms. The maximum Gasteiger partial charge on any atom is 0.124 e. The molecule has 0 aliphatic rings. The van der Waals surface area contributed by atoms with Crippen molar-refractivity contribution in [2.45, 2.75) is 9.79 Å². The molecule has 0 aliphatic carbocycles. The minimum atomic E-state index is -4.80. The molecule has 2 rings (SSSR count). The van der Waals surface area contributed by atoms with Crippen LogP contribution in [0.1, 0.15) is 0 Å². The molecule has 0 saturated carbocycles. The molecule has 0 aliphatic heterocycles. The number of hydrogen-bond acceptors (Lipinski definition) is 7. The first-order chi connectivity index (χ1) is 8.59. The van der Waals surface area contributed by atoms with Crippen molar-refractivity contribution >= 4 is 31.0 Å². The molecule has 0 radical (unpaired) electrons. The van der Waals surface area contributed by atoms with Gasteiger partial charge in [-0.05, 0) is 35.7 Å². The highest BCUT2D eigenvalue weighted by atomic mass is 32.2. The summed E-state index contributed by atoms with van der Waals surface area (Å²) in [6.07, 6.45) is 0. The molecule has 0 spiro atoms. The van der Waals surface area contributed by atoms with E-state index in [0.29, 0.717) is 0 Å². The van der Waals surface area contributed by atoms with E-state index in [2.05, 4.69) is 0 Å². The van der Waals surface area contributed by atoms with Crippen molar-refractivity contribution in [2.75, 3.05) is 0 Å². The van der Waals surface area contributed by atoms with Crippen molar-refractivity contribution in [3.05, 3.63) is 30.3 Å². The molecule has 0 atom stereocenters. The molecule has 0 unspecified atom stereocenters. The number of aromatic hydroxyl groups is 1. The summed E-state index contributed by atoms with van der Waals surface area (Å²) in [5, 5.41) is 9.67. The Kier molecular flexibility index (Phi) is 3.01. The van der Waals surface area contributed by atoms with E-state index in [1.54, 1.807) is 0 Å². The molecule has 102 valence electrons. The van der Waals surface area contributed by atoms with Gasteiger partial charge in [0.05, 0.1) is 9.79 Å². The van der Waals surface area contributed by atoms with E-state index in [4.69, 9.17) is 0 Å². The van der Waals surface area contributed by atoms with E-state index in [9.17, 15) is 31.0 Å². The van der Waals surface area contributed by atoms with Crippen molar-refractivity contribution in [1.82, 2.24) is 0 Å². The number of phenols is 1. The van der Waals surface area contributed by atoms with Crippen LogP contribution in [0.4, 0.5) is 0 Å². The van der Waals surface area contributed by atoms with Crippen LogP contribution < -0.4 is 0 Å². The number of rotatable bonds is 2. The molecule has 0 saturated heterocycles. The third-order valence-corrected chi connectivity index (χ3v) is 4.10. The molecule has 0 amide bonds. The fourth-order valence-corrected chi connectivity index (χ4v) is 2.63. The summed E-state index contributed by atoms with van der Waals surface area (Å²) in [6.45, 7) is 0. The standard InChI is InChI=1S/C10H8O7S2/c11-10-5-8(19(15,16)17)4-6-3-7(18(12,13)14)1-2-9(6)10/h1-5,11H,(H,12,13,14)(H,15,16,17)/p-2. The zero-order chi connectivity index (χ0) is 14.4. The lowest BCUT2D eigenvalue weighted by Crippen LogP contribution is -2.00. The quantitative estimate of drug-likeness (QED) is 0.791. The molecule has 0 aromatic heterocycles. The molecule has 2 aromatic rings. The minimum absolute atomic E-state index is 0.0358. The molecule has 0 heterocycles.